The van der Waals surface area contributed by atoms with E-state index in [9.17, 15) is 13.2 Å². The van der Waals surface area contributed by atoms with Gasteiger partial charge in [-0.05, 0) is 25.5 Å². The van der Waals surface area contributed by atoms with Gasteiger partial charge in [-0.15, -0.1) is 0 Å². The molecule has 0 aliphatic heterocycles. The third kappa shape index (κ3) is 3.19. The van der Waals surface area contributed by atoms with Crippen molar-refractivity contribution in [3.05, 3.63) is 35.8 Å². The maximum absolute atomic E-state index is 12.3. The van der Waals surface area contributed by atoms with Gasteiger partial charge in [0.1, 0.15) is 5.56 Å². The molecule has 8 nitrogen and oxygen atoms in total. The van der Waals surface area contributed by atoms with E-state index in [4.69, 9.17) is 4.74 Å². The molecule has 2 aromatic heterocycles. The predicted molar refractivity (Wildman–Crippen MR) is 74.3 cm³/mol. The number of carbonyl (C=O) groups excluding carboxylic acids is 1. The smallest absolute Gasteiger partial charge is 0.342 e. The van der Waals surface area contributed by atoms with Gasteiger partial charge in [0, 0.05) is 6.20 Å². The van der Waals surface area contributed by atoms with Crippen LogP contribution in [0.2, 0.25) is 0 Å². The number of aromatic nitrogens is 3. The first-order valence-corrected chi connectivity index (χ1v) is 7.58. The van der Waals surface area contributed by atoms with Crippen molar-refractivity contribution in [3.8, 4) is 0 Å². The minimum absolute atomic E-state index is 0.138. The van der Waals surface area contributed by atoms with Crippen LogP contribution in [0.3, 0.4) is 0 Å². The third-order valence-corrected chi connectivity index (χ3v) is 3.99. The first-order valence-electron chi connectivity index (χ1n) is 6.09. The molecule has 0 fully saturated rings. The Kier molecular flexibility index (Phi) is 4.22. The quantitative estimate of drug-likeness (QED) is 0.799. The summed E-state index contributed by atoms with van der Waals surface area (Å²) >= 11 is 0. The topological polar surface area (TPSA) is 114 Å². The number of nitrogens with one attached hydrogen (secondary N) is 2. The van der Waals surface area contributed by atoms with E-state index >= 15 is 0 Å². The summed E-state index contributed by atoms with van der Waals surface area (Å²) in [5, 5.41) is 5.56. The maximum atomic E-state index is 12.3. The number of hydrogen-bond donors (Lipinski definition) is 2. The van der Waals surface area contributed by atoms with Gasteiger partial charge in [0.15, 0.2) is 5.03 Å². The van der Waals surface area contributed by atoms with Crippen molar-refractivity contribution in [1.82, 2.24) is 15.2 Å². The molecule has 0 spiro atoms. The fourth-order valence-corrected chi connectivity index (χ4v) is 2.80. The Balaban J connectivity index is 2.35. The molecule has 0 aromatic carbocycles. The SMILES string of the molecule is CCOC(=O)c1cn[nH]c1S(=O)(=O)Nc1cnccc1C. The molecular formula is C12H14N4O4S. The number of nitrogens with zero attached hydrogens (tertiary/aromatic N) is 2. The average Bonchev–Trinajstić information content (AvgIpc) is 2.92. The zero-order chi connectivity index (χ0) is 15.5. The van der Waals surface area contributed by atoms with Crippen LogP contribution in [0.15, 0.2) is 29.7 Å². The van der Waals surface area contributed by atoms with Crippen molar-refractivity contribution < 1.29 is 17.9 Å². The Labute approximate surface area is 121 Å². The normalized spacial score (nSPS) is 11.1. The second-order valence-corrected chi connectivity index (χ2v) is 5.75. The van der Waals surface area contributed by atoms with Crippen molar-refractivity contribution in [2.45, 2.75) is 18.9 Å². The second kappa shape index (κ2) is 5.92. The molecular weight excluding hydrogens is 296 g/mol. The number of H-pyrrole nitrogens is 1. The highest BCUT2D eigenvalue weighted by atomic mass is 32.2. The fraction of sp³-hybridized carbons (Fsp3) is 0.250. The zero-order valence-corrected chi connectivity index (χ0v) is 12.3. The molecule has 0 saturated carbocycles. The number of aryl methyl sites for hydroxylation is 1. The Hall–Kier alpha value is -2.42. The number of aromatic amines is 1. The summed E-state index contributed by atoms with van der Waals surface area (Å²) in [5.41, 5.74) is 0.874. The summed E-state index contributed by atoms with van der Waals surface area (Å²) in [5.74, 6) is -0.755. The molecule has 2 heterocycles. The van der Waals surface area contributed by atoms with E-state index in [1.54, 1.807) is 26.1 Å². The summed E-state index contributed by atoms with van der Waals surface area (Å²) in [7, 11) is -4.00. The third-order valence-electron chi connectivity index (χ3n) is 2.65. The number of rotatable bonds is 5. The van der Waals surface area contributed by atoms with Crippen molar-refractivity contribution in [1.29, 1.82) is 0 Å². The lowest BCUT2D eigenvalue weighted by Gasteiger charge is -2.09. The molecule has 2 aromatic rings. The highest BCUT2D eigenvalue weighted by molar-refractivity contribution is 7.92. The van der Waals surface area contributed by atoms with Gasteiger partial charge < -0.3 is 4.74 Å². The zero-order valence-electron chi connectivity index (χ0n) is 11.5. The van der Waals surface area contributed by atoms with Gasteiger partial charge in [0.05, 0.1) is 24.7 Å². The van der Waals surface area contributed by atoms with E-state index in [-0.39, 0.29) is 17.2 Å². The molecule has 2 N–H and O–H groups in total. The van der Waals surface area contributed by atoms with E-state index in [2.05, 4.69) is 19.9 Å². The summed E-state index contributed by atoms with van der Waals surface area (Å²) in [6, 6.07) is 1.66. The van der Waals surface area contributed by atoms with E-state index in [1.807, 2.05) is 0 Å². The number of anilines is 1. The minimum atomic E-state index is -4.00. The number of carbonyl (C=O) groups is 1. The first-order chi connectivity index (χ1) is 9.95. The van der Waals surface area contributed by atoms with Gasteiger partial charge in [0.2, 0.25) is 0 Å². The fourth-order valence-electron chi connectivity index (χ4n) is 1.60. The van der Waals surface area contributed by atoms with Crippen molar-refractivity contribution in [3.63, 3.8) is 0 Å². The van der Waals surface area contributed by atoms with E-state index in [1.165, 1.54) is 6.20 Å². The molecule has 2 rings (SSSR count). The lowest BCUT2D eigenvalue weighted by molar-refractivity contribution is 0.0522. The molecule has 21 heavy (non-hydrogen) atoms. The molecule has 0 atom stereocenters. The van der Waals surface area contributed by atoms with Gasteiger partial charge in [-0.3, -0.25) is 14.8 Å². The summed E-state index contributed by atoms with van der Waals surface area (Å²) in [6.45, 7) is 3.50. The van der Waals surface area contributed by atoms with Crippen LogP contribution in [0, 0.1) is 6.92 Å². The van der Waals surface area contributed by atoms with Crippen molar-refractivity contribution >= 4 is 21.7 Å². The largest absolute Gasteiger partial charge is 0.462 e. The van der Waals surface area contributed by atoms with Crippen LogP contribution in [0.4, 0.5) is 5.69 Å². The first kappa shape index (κ1) is 15.0. The van der Waals surface area contributed by atoms with Crippen LogP contribution in [0.5, 0.6) is 0 Å². The van der Waals surface area contributed by atoms with Crippen LogP contribution >= 0.6 is 0 Å². The lowest BCUT2D eigenvalue weighted by Crippen LogP contribution is -2.18. The number of esters is 1. The average molecular weight is 310 g/mol. The summed E-state index contributed by atoms with van der Waals surface area (Å²) in [4.78, 5) is 15.6. The van der Waals surface area contributed by atoms with Crippen LogP contribution in [-0.4, -0.2) is 36.2 Å². The summed E-state index contributed by atoms with van der Waals surface area (Å²) in [6.07, 6.45) is 4.04. The molecule has 0 unspecified atom stereocenters. The molecule has 0 saturated heterocycles. The van der Waals surface area contributed by atoms with Crippen molar-refractivity contribution in [2.24, 2.45) is 0 Å². The van der Waals surface area contributed by atoms with Gasteiger partial charge in [-0.1, -0.05) is 0 Å². The van der Waals surface area contributed by atoms with Crippen LogP contribution in [-0.2, 0) is 14.8 Å². The van der Waals surface area contributed by atoms with Gasteiger partial charge in [0.25, 0.3) is 10.0 Å². The summed E-state index contributed by atoms with van der Waals surface area (Å²) < 4.78 is 31.8. The molecule has 0 aliphatic carbocycles. The number of sulfonamides is 1. The predicted octanol–water partition coefficient (Wildman–Crippen LogP) is 1.09. The van der Waals surface area contributed by atoms with E-state index in [0.717, 1.165) is 6.20 Å². The van der Waals surface area contributed by atoms with E-state index < -0.39 is 16.0 Å². The van der Waals surface area contributed by atoms with Gasteiger partial charge in [-0.2, -0.15) is 13.5 Å². The molecule has 9 heteroatoms. The standard InChI is InChI=1S/C12H14N4O4S/c1-3-20-12(17)9-6-14-15-11(9)21(18,19)16-10-7-13-5-4-8(10)2/h4-7,16H,3H2,1-2H3,(H,14,15). The van der Waals surface area contributed by atoms with Gasteiger partial charge >= 0.3 is 5.97 Å². The van der Waals surface area contributed by atoms with E-state index in [0.29, 0.717) is 11.3 Å². The lowest BCUT2D eigenvalue weighted by atomic mass is 10.3. The van der Waals surface area contributed by atoms with Gasteiger partial charge in [-0.25, -0.2) is 4.79 Å². The number of ether oxygens (including phenoxy) is 1. The van der Waals surface area contributed by atoms with Crippen LogP contribution < -0.4 is 4.72 Å². The highest BCUT2D eigenvalue weighted by Crippen LogP contribution is 2.19. The molecule has 0 radical (unpaired) electrons. The monoisotopic (exact) mass is 310 g/mol. The maximum Gasteiger partial charge on any atom is 0.342 e. The Morgan fingerprint density at radius 1 is 1.43 bits per heavy atom. The molecule has 0 bridgehead atoms. The van der Waals surface area contributed by atoms with Crippen molar-refractivity contribution in [2.75, 3.05) is 11.3 Å². The Morgan fingerprint density at radius 2 is 2.19 bits per heavy atom. The Morgan fingerprint density at radius 3 is 2.86 bits per heavy atom. The van der Waals surface area contributed by atoms with Crippen LogP contribution in [0.25, 0.3) is 0 Å². The number of pyridine rings is 1. The molecule has 0 aliphatic rings. The highest BCUT2D eigenvalue weighted by Gasteiger charge is 2.26. The second-order valence-electron chi connectivity index (χ2n) is 4.13. The minimum Gasteiger partial charge on any atom is -0.462 e. The van der Waals surface area contributed by atoms with Crippen LogP contribution in [0.1, 0.15) is 22.8 Å². The molecule has 112 valence electrons. The molecule has 0 amide bonds. The Bertz CT molecular complexity index is 754. The number of hydrogen-bond acceptors (Lipinski definition) is 6.